The van der Waals surface area contributed by atoms with Crippen molar-refractivity contribution in [3.05, 3.63) is 16.1 Å². The third-order valence-electron chi connectivity index (χ3n) is 1.86. The predicted molar refractivity (Wildman–Crippen MR) is 50.8 cm³/mol. The van der Waals surface area contributed by atoms with E-state index in [9.17, 15) is 9.59 Å². The number of rotatable bonds is 2. The Morgan fingerprint density at radius 3 is 2.93 bits per heavy atom. The molecule has 3 amide bonds. The van der Waals surface area contributed by atoms with Gasteiger partial charge in [-0.15, -0.1) is 11.3 Å². The monoisotopic (exact) mass is 211 g/mol. The maximum absolute atomic E-state index is 11.2. The summed E-state index contributed by atoms with van der Waals surface area (Å²) in [6.07, 6.45) is 0. The van der Waals surface area contributed by atoms with Crippen molar-refractivity contribution in [2.45, 2.75) is 13.5 Å². The Morgan fingerprint density at radius 1 is 1.64 bits per heavy atom. The molecule has 1 fully saturated rings. The Morgan fingerprint density at radius 2 is 2.43 bits per heavy atom. The number of urea groups is 1. The molecule has 1 N–H and O–H groups in total. The number of nitrogens with one attached hydrogen (secondary N) is 1. The largest absolute Gasteiger partial charge is 0.324 e. The van der Waals surface area contributed by atoms with Gasteiger partial charge < -0.3 is 4.90 Å². The summed E-state index contributed by atoms with van der Waals surface area (Å²) in [7, 11) is 0. The van der Waals surface area contributed by atoms with Gasteiger partial charge in [0.2, 0.25) is 5.91 Å². The average molecular weight is 211 g/mol. The van der Waals surface area contributed by atoms with Crippen LogP contribution in [-0.2, 0) is 11.3 Å². The van der Waals surface area contributed by atoms with Crippen LogP contribution in [0.4, 0.5) is 4.79 Å². The van der Waals surface area contributed by atoms with Crippen LogP contribution in [0.25, 0.3) is 0 Å². The maximum Gasteiger partial charge on any atom is 0.324 e. The molecule has 1 aliphatic rings. The van der Waals surface area contributed by atoms with Gasteiger partial charge in [0.25, 0.3) is 0 Å². The van der Waals surface area contributed by atoms with Crippen LogP contribution < -0.4 is 5.32 Å². The summed E-state index contributed by atoms with van der Waals surface area (Å²) in [5.41, 5.74) is 0.941. The third-order valence-corrected chi connectivity index (χ3v) is 2.81. The normalized spacial score (nSPS) is 16.2. The zero-order valence-electron chi connectivity index (χ0n) is 7.61. The fourth-order valence-corrected chi connectivity index (χ4v) is 2.04. The summed E-state index contributed by atoms with van der Waals surface area (Å²) in [6.45, 7) is 2.45. The lowest BCUT2D eigenvalue weighted by molar-refractivity contribution is -0.118. The zero-order valence-corrected chi connectivity index (χ0v) is 8.43. The molecular weight excluding hydrogens is 202 g/mol. The van der Waals surface area contributed by atoms with Crippen LogP contribution in [0.3, 0.4) is 0 Å². The van der Waals surface area contributed by atoms with Gasteiger partial charge in [-0.05, 0) is 6.92 Å². The van der Waals surface area contributed by atoms with Crippen LogP contribution in [-0.4, -0.2) is 28.4 Å². The Kier molecular flexibility index (Phi) is 2.20. The van der Waals surface area contributed by atoms with Crippen molar-refractivity contribution >= 4 is 23.3 Å². The molecule has 1 saturated heterocycles. The molecule has 0 spiro atoms. The van der Waals surface area contributed by atoms with Crippen LogP contribution in [0.15, 0.2) is 5.38 Å². The number of carbonyl (C=O) groups is 2. The molecule has 2 rings (SSSR count). The van der Waals surface area contributed by atoms with Crippen molar-refractivity contribution in [3.63, 3.8) is 0 Å². The second-order valence-corrected chi connectivity index (χ2v) is 4.03. The van der Waals surface area contributed by atoms with Gasteiger partial charge in [0.15, 0.2) is 0 Å². The molecule has 0 radical (unpaired) electrons. The highest BCUT2D eigenvalue weighted by Crippen LogP contribution is 2.12. The second-order valence-electron chi connectivity index (χ2n) is 3.09. The molecule has 0 atom stereocenters. The highest BCUT2D eigenvalue weighted by Gasteiger charge is 2.26. The van der Waals surface area contributed by atoms with Crippen molar-refractivity contribution in [2.75, 3.05) is 6.54 Å². The molecule has 0 saturated carbocycles. The van der Waals surface area contributed by atoms with Gasteiger partial charge in [-0.1, -0.05) is 0 Å². The quantitative estimate of drug-likeness (QED) is 0.725. The van der Waals surface area contributed by atoms with Crippen LogP contribution in [0, 0.1) is 6.92 Å². The molecule has 5 nitrogen and oxygen atoms in total. The van der Waals surface area contributed by atoms with E-state index in [1.165, 1.54) is 16.2 Å². The minimum absolute atomic E-state index is 0.136. The highest BCUT2D eigenvalue weighted by atomic mass is 32.1. The number of amides is 3. The van der Waals surface area contributed by atoms with Gasteiger partial charge in [0.1, 0.15) is 11.6 Å². The fourth-order valence-electron chi connectivity index (χ4n) is 1.25. The molecular formula is C8H9N3O2S. The summed E-state index contributed by atoms with van der Waals surface area (Å²) in [5, 5.41) is 4.99. The van der Waals surface area contributed by atoms with E-state index in [-0.39, 0.29) is 18.5 Å². The van der Waals surface area contributed by atoms with E-state index in [0.717, 1.165) is 10.7 Å². The van der Waals surface area contributed by atoms with Gasteiger partial charge >= 0.3 is 6.03 Å². The molecule has 0 aliphatic carbocycles. The molecule has 0 bridgehead atoms. The van der Waals surface area contributed by atoms with E-state index in [1.807, 2.05) is 12.3 Å². The summed E-state index contributed by atoms with van der Waals surface area (Å²) >= 11 is 1.50. The van der Waals surface area contributed by atoms with Crippen molar-refractivity contribution in [2.24, 2.45) is 0 Å². The number of hydrogen-bond donors (Lipinski definition) is 1. The van der Waals surface area contributed by atoms with Crippen LogP contribution in [0.5, 0.6) is 0 Å². The van der Waals surface area contributed by atoms with Gasteiger partial charge in [0.05, 0.1) is 6.54 Å². The lowest BCUT2D eigenvalue weighted by atomic mass is 10.5. The summed E-state index contributed by atoms with van der Waals surface area (Å²) < 4.78 is 0. The van der Waals surface area contributed by atoms with E-state index in [4.69, 9.17) is 0 Å². The molecule has 2 heterocycles. The first-order valence-corrected chi connectivity index (χ1v) is 5.03. The number of aryl methyl sites for hydroxylation is 1. The van der Waals surface area contributed by atoms with E-state index < -0.39 is 0 Å². The first-order valence-electron chi connectivity index (χ1n) is 4.15. The zero-order chi connectivity index (χ0) is 10.1. The van der Waals surface area contributed by atoms with Crippen molar-refractivity contribution in [1.82, 2.24) is 15.2 Å². The lowest BCUT2D eigenvalue weighted by Gasteiger charge is -2.09. The van der Waals surface area contributed by atoms with Gasteiger partial charge in [0, 0.05) is 11.1 Å². The Hall–Kier alpha value is -1.43. The molecule has 0 aromatic carbocycles. The molecule has 74 valence electrons. The Bertz CT molecular complexity index is 388. The predicted octanol–water partition coefficient (Wildman–Crippen LogP) is 0.503. The third kappa shape index (κ3) is 1.74. The van der Waals surface area contributed by atoms with Crippen LogP contribution >= 0.6 is 11.3 Å². The fraction of sp³-hybridized carbons (Fsp3) is 0.375. The first-order chi connectivity index (χ1) is 6.65. The topological polar surface area (TPSA) is 62.3 Å². The SMILES string of the molecule is Cc1csc(CN2CC(=O)NC2=O)n1. The Labute approximate surface area is 84.7 Å². The van der Waals surface area contributed by atoms with Gasteiger partial charge in [-0.25, -0.2) is 9.78 Å². The second kappa shape index (κ2) is 3.38. The number of hydrogen-bond acceptors (Lipinski definition) is 4. The smallest absolute Gasteiger partial charge is 0.308 e. The van der Waals surface area contributed by atoms with E-state index >= 15 is 0 Å². The minimum atomic E-state index is -0.331. The minimum Gasteiger partial charge on any atom is -0.308 e. The molecule has 1 aromatic heterocycles. The van der Waals surface area contributed by atoms with Gasteiger partial charge in [-0.3, -0.25) is 10.1 Å². The lowest BCUT2D eigenvalue weighted by Crippen LogP contribution is -2.27. The number of imide groups is 1. The van der Waals surface area contributed by atoms with E-state index in [1.54, 1.807) is 0 Å². The van der Waals surface area contributed by atoms with Crippen molar-refractivity contribution in [1.29, 1.82) is 0 Å². The van der Waals surface area contributed by atoms with Crippen molar-refractivity contribution in [3.8, 4) is 0 Å². The molecule has 14 heavy (non-hydrogen) atoms. The van der Waals surface area contributed by atoms with Gasteiger partial charge in [-0.2, -0.15) is 0 Å². The summed E-state index contributed by atoms with van der Waals surface area (Å²) in [4.78, 5) is 27.7. The first kappa shape index (κ1) is 9.14. The summed E-state index contributed by atoms with van der Waals surface area (Å²) in [6, 6.07) is -0.331. The highest BCUT2D eigenvalue weighted by molar-refractivity contribution is 7.09. The summed E-state index contributed by atoms with van der Waals surface area (Å²) in [5.74, 6) is -0.247. The number of nitrogens with zero attached hydrogens (tertiary/aromatic N) is 2. The number of carbonyl (C=O) groups excluding carboxylic acids is 2. The number of thiazole rings is 1. The van der Waals surface area contributed by atoms with E-state index in [2.05, 4.69) is 10.3 Å². The van der Waals surface area contributed by atoms with Crippen LogP contribution in [0.2, 0.25) is 0 Å². The average Bonchev–Trinajstić information content (AvgIpc) is 2.61. The Balaban J connectivity index is 2.05. The molecule has 1 aliphatic heterocycles. The van der Waals surface area contributed by atoms with Crippen molar-refractivity contribution < 1.29 is 9.59 Å². The van der Waals surface area contributed by atoms with Crippen LogP contribution in [0.1, 0.15) is 10.7 Å². The molecule has 1 aromatic rings. The maximum atomic E-state index is 11.2. The van der Waals surface area contributed by atoms with E-state index in [0.29, 0.717) is 6.54 Å². The molecule has 6 heteroatoms. The number of aromatic nitrogens is 1. The molecule has 0 unspecified atom stereocenters. The standard InChI is InChI=1S/C8H9N3O2S/c1-5-4-14-7(9-5)3-11-2-6(12)10-8(11)13/h4H,2-3H2,1H3,(H,10,12,13).